The van der Waals surface area contributed by atoms with Crippen LogP contribution in [0.25, 0.3) is 0 Å². The predicted molar refractivity (Wildman–Crippen MR) is 89.7 cm³/mol. The van der Waals surface area contributed by atoms with Crippen molar-refractivity contribution in [1.29, 1.82) is 0 Å². The van der Waals surface area contributed by atoms with Gasteiger partial charge in [0.25, 0.3) is 5.56 Å². The van der Waals surface area contributed by atoms with E-state index < -0.39 is 0 Å². The van der Waals surface area contributed by atoms with Crippen LogP contribution in [0, 0.1) is 3.57 Å². The Hall–Kier alpha value is -1.38. The highest BCUT2D eigenvalue weighted by molar-refractivity contribution is 14.1. The lowest BCUT2D eigenvalue weighted by molar-refractivity contribution is 0.470. The smallest absolute Gasteiger partial charge is 0.300 e. The van der Waals surface area contributed by atoms with Gasteiger partial charge in [-0.1, -0.05) is 6.92 Å². The van der Waals surface area contributed by atoms with Gasteiger partial charge in [0, 0.05) is 25.0 Å². The Morgan fingerprint density at radius 1 is 1.33 bits per heavy atom. The van der Waals surface area contributed by atoms with Gasteiger partial charge in [-0.15, -0.1) is 0 Å². The number of aromatic nitrogens is 4. The maximum atomic E-state index is 12.3. The maximum Gasteiger partial charge on any atom is 0.331 e. The number of halogens is 1. The van der Waals surface area contributed by atoms with E-state index in [-0.39, 0.29) is 17.8 Å². The molecule has 0 aliphatic carbocycles. The molecule has 0 amide bonds. The van der Waals surface area contributed by atoms with Gasteiger partial charge >= 0.3 is 5.69 Å². The first-order valence-corrected chi connectivity index (χ1v) is 8.09. The van der Waals surface area contributed by atoms with Crippen molar-refractivity contribution in [2.24, 2.45) is 0 Å². The molecule has 0 radical (unpaired) electrons. The van der Waals surface area contributed by atoms with Crippen molar-refractivity contribution in [2.45, 2.75) is 46.3 Å². The molecule has 0 N–H and O–H groups in total. The lowest BCUT2D eigenvalue weighted by Gasteiger charge is -2.09. The van der Waals surface area contributed by atoms with Gasteiger partial charge in [-0.3, -0.25) is 18.6 Å². The number of aryl methyl sites for hydroxylation is 1. The molecule has 7 heteroatoms. The molecular formula is C14H19IN4O2. The van der Waals surface area contributed by atoms with E-state index in [0.717, 1.165) is 12.1 Å². The summed E-state index contributed by atoms with van der Waals surface area (Å²) >= 11 is 1.96. The van der Waals surface area contributed by atoms with Crippen LogP contribution in [0.4, 0.5) is 0 Å². The molecule has 0 aliphatic rings. The third-order valence-corrected chi connectivity index (χ3v) is 4.30. The van der Waals surface area contributed by atoms with Crippen LogP contribution in [0.5, 0.6) is 0 Å². The maximum absolute atomic E-state index is 12.3. The second kappa shape index (κ2) is 6.59. The fraction of sp³-hybridized carbons (Fsp3) is 0.500. The van der Waals surface area contributed by atoms with Crippen LogP contribution in [0.3, 0.4) is 0 Å². The first kappa shape index (κ1) is 16.0. The minimum Gasteiger partial charge on any atom is -0.300 e. The first-order chi connectivity index (χ1) is 9.97. The van der Waals surface area contributed by atoms with Crippen LogP contribution < -0.4 is 11.2 Å². The highest BCUT2D eigenvalue weighted by atomic mass is 127. The molecule has 2 aromatic rings. The fourth-order valence-electron chi connectivity index (χ4n) is 2.04. The Morgan fingerprint density at radius 3 is 2.67 bits per heavy atom. The lowest BCUT2D eigenvalue weighted by atomic mass is 10.3. The summed E-state index contributed by atoms with van der Waals surface area (Å²) in [5.41, 5.74) is 0.170. The lowest BCUT2D eigenvalue weighted by Crippen LogP contribution is -2.41. The molecular weight excluding hydrogens is 383 g/mol. The summed E-state index contributed by atoms with van der Waals surface area (Å²) < 4.78 is 5.19. The third-order valence-electron chi connectivity index (χ3n) is 3.56. The summed E-state index contributed by atoms with van der Waals surface area (Å²) in [6, 6.07) is 2.16. The first-order valence-electron chi connectivity index (χ1n) is 7.01. The molecule has 6 nitrogen and oxygen atoms in total. The average molecular weight is 402 g/mol. The molecule has 2 rings (SSSR count). The van der Waals surface area contributed by atoms with Crippen molar-refractivity contribution in [1.82, 2.24) is 18.9 Å². The van der Waals surface area contributed by atoms with Gasteiger partial charge in [0.15, 0.2) is 0 Å². The van der Waals surface area contributed by atoms with Gasteiger partial charge in [-0.2, -0.15) is 5.10 Å². The zero-order valence-electron chi connectivity index (χ0n) is 12.4. The Morgan fingerprint density at radius 2 is 2.05 bits per heavy atom. The van der Waals surface area contributed by atoms with E-state index in [1.165, 1.54) is 9.13 Å². The van der Waals surface area contributed by atoms with Crippen molar-refractivity contribution in [3.05, 3.63) is 48.6 Å². The Labute approximate surface area is 136 Å². The fourth-order valence-corrected chi connectivity index (χ4v) is 2.67. The van der Waals surface area contributed by atoms with Gasteiger partial charge in [0.1, 0.15) is 0 Å². The molecule has 2 heterocycles. The summed E-state index contributed by atoms with van der Waals surface area (Å²) in [6.45, 7) is 6.80. The zero-order valence-corrected chi connectivity index (χ0v) is 14.6. The number of rotatable bonds is 5. The van der Waals surface area contributed by atoms with Gasteiger partial charge < -0.3 is 0 Å². The Balaban J connectivity index is 2.40. The van der Waals surface area contributed by atoms with Crippen molar-refractivity contribution in [3.63, 3.8) is 0 Å². The van der Waals surface area contributed by atoms with Crippen LogP contribution >= 0.6 is 22.6 Å². The zero-order chi connectivity index (χ0) is 15.6. The van der Waals surface area contributed by atoms with E-state index in [1.807, 2.05) is 46.5 Å². The van der Waals surface area contributed by atoms with Crippen molar-refractivity contribution in [2.75, 3.05) is 0 Å². The predicted octanol–water partition coefficient (Wildman–Crippen LogP) is 1.85. The van der Waals surface area contributed by atoms with Crippen LogP contribution in [-0.2, 0) is 13.1 Å². The average Bonchev–Trinajstić information content (AvgIpc) is 2.95. The molecule has 1 atom stereocenters. The summed E-state index contributed by atoms with van der Waals surface area (Å²) in [5, 5.41) is 4.45. The summed E-state index contributed by atoms with van der Waals surface area (Å²) in [6.07, 6.45) is 4.47. The minimum atomic E-state index is -0.291. The SMILES string of the molecule is CCC(C)n1ccc(Cn2c(=O)c(I)cn(CC)c2=O)n1. The van der Waals surface area contributed by atoms with Crippen LogP contribution in [-0.4, -0.2) is 18.9 Å². The highest BCUT2D eigenvalue weighted by Gasteiger charge is 2.11. The van der Waals surface area contributed by atoms with E-state index in [1.54, 1.807) is 6.20 Å². The molecule has 0 saturated heterocycles. The van der Waals surface area contributed by atoms with Crippen LogP contribution in [0.2, 0.25) is 0 Å². The van der Waals surface area contributed by atoms with Crippen molar-refractivity contribution >= 4 is 22.6 Å². The molecule has 0 aromatic carbocycles. The number of hydrogen-bond acceptors (Lipinski definition) is 3. The monoisotopic (exact) mass is 402 g/mol. The second-order valence-electron chi connectivity index (χ2n) is 4.98. The standard InChI is InChI=1S/C14H19IN4O2/c1-4-10(3)19-7-6-11(16-19)8-18-13(20)12(15)9-17(5-2)14(18)21/h6-7,9-10H,4-5,8H2,1-3H3. The highest BCUT2D eigenvalue weighted by Crippen LogP contribution is 2.09. The van der Waals surface area contributed by atoms with Gasteiger partial charge in [-0.05, 0) is 48.9 Å². The van der Waals surface area contributed by atoms with E-state index in [4.69, 9.17) is 0 Å². The summed E-state index contributed by atoms with van der Waals surface area (Å²) in [7, 11) is 0. The minimum absolute atomic E-state index is 0.206. The quantitative estimate of drug-likeness (QED) is 0.718. The molecule has 0 fully saturated rings. The van der Waals surface area contributed by atoms with Crippen molar-refractivity contribution < 1.29 is 0 Å². The molecule has 21 heavy (non-hydrogen) atoms. The van der Waals surface area contributed by atoms with E-state index >= 15 is 0 Å². The Bertz CT molecular complexity index is 744. The van der Waals surface area contributed by atoms with Gasteiger partial charge in [0.05, 0.1) is 15.8 Å². The number of nitrogens with zero attached hydrogens (tertiary/aromatic N) is 4. The number of hydrogen-bond donors (Lipinski definition) is 0. The molecule has 0 saturated carbocycles. The molecule has 114 valence electrons. The molecule has 0 bridgehead atoms. The van der Waals surface area contributed by atoms with Crippen molar-refractivity contribution in [3.8, 4) is 0 Å². The second-order valence-corrected chi connectivity index (χ2v) is 6.14. The molecule has 0 aliphatic heterocycles. The summed E-state index contributed by atoms with van der Waals surface area (Å²) in [5.74, 6) is 0. The largest absolute Gasteiger partial charge is 0.331 e. The normalized spacial score (nSPS) is 12.6. The third kappa shape index (κ3) is 3.28. The Kier molecular flexibility index (Phi) is 5.02. The van der Waals surface area contributed by atoms with Gasteiger partial charge in [-0.25, -0.2) is 4.79 Å². The molecule has 0 spiro atoms. The van der Waals surface area contributed by atoms with Gasteiger partial charge in [0.2, 0.25) is 0 Å². The van der Waals surface area contributed by atoms with E-state index in [2.05, 4.69) is 18.9 Å². The van der Waals surface area contributed by atoms with Crippen LogP contribution in [0.1, 0.15) is 38.9 Å². The molecule has 2 aromatic heterocycles. The summed E-state index contributed by atoms with van der Waals surface area (Å²) in [4.78, 5) is 24.4. The molecule has 1 unspecified atom stereocenters. The van der Waals surface area contributed by atoms with E-state index in [9.17, 15) is 9.59 Å². The topological polar surface area (TPSA) is 61.8 Å². The van der Waals surface area contributed by atoms with E-state index in [0.29, 0.717) is 16.2 Å². The van der Waals surface area contributed by atoms with Crippen LogP contribution in [0.15, 0.2) is 28.0 Å².